The van der Waals surface area contributed by atoms with Crippen molar-refractivity contribution in [3.8, 4) is 0 Å². The van der Waals surface area contributed by atoms with Crippen LogP contribution in [-0.4, -0.2) is 45.8 Å². The third kappa shape index (κ3) is 3.24. The Morgan fingerprint density at radius 1 is 1.35 bits per heavy atom. The number of rotatable bonds is 3. The predicted molar refractivity (Wildman–Crippen MR) is 67.4 cm³/mol. The molecular formula is C13H15FN2O4. The smallest absolute Gasteiger partial charge is 0.326 e. The lowest BCUT2D eigenvalue weighted by Gasteiger charge is -2.21. The highest BCUT2D eigenvalue weighted by molar-refractivity contribution is 5.83. The monoisotopic (exact) mass is 282 g/mol. The van der Waals surface area contributed by atoms with Gasteiger partial charge in [0.1, 0.15) is 11.9 Å². The van der Waals surface area contributed by atoms with E-state index >= 15 is 0 Å². The zero-order valence-corrected chi connectivity index (χ0v) is 10.6. The summed E-state index contributed by atoms with van der Waals surface area (Å²) in [6, 6.07) is 4.05. The number of carbonyl (C=O) groups is 2. The number of carbonyl (C=O) groups excluding carboxylic acids is 1. The number of aliphatic carboxylic acids is 1. The van der Waals surface area contributed by atoms with Gasteiger partial charge >= 0.3 is 12.0 Å². The zero-order chi connectivity index (χ0) is 14.7. The minimum atomic E-state index is -1.14. The van der Waals surface area contributed by atoms with Gasteiger partial charge in [-0.25, -0.2) is 14.0 Å². The molecule has 0 radical (unpaired) electrons. The molecule has 20 heavy (non-hydrogen) atoms. The standard InChI is InChI=1S/C13H15FN2O4/c14-9-3-1-8(2-4-9)6-15-13(20)16-7-10(17)5-11(16)12(18)19/h1-4,10-11,17H,5-7H2,(H,15,20)(H,18,19)/t10-,11+/m1/s1. The molecule has 0 spiro atoms. The number of β-amino-alcohol motifs (C(OH)–C–C–N with tert-alkyl or cyclic N) is 1. The third-order valence-electron chi connectivity index (χ3n) is 3.18. The average molecular weight is 282 g/mol. The highest BCUT2D eigenvalue weighted by Gasteiger charge is 2.38. The fourth-order valence-corrected chi connectivity index (χ4v) is 2.15. The Hall–Kier alpha value is -2.15. The molecule has 3 N–H and O–H groups in total. The molecule has 1 heterocycles. The molecule has 0 aromatic heterocycles. The van der Waals surface area contributed by atoms with E-state index in [1.807, 2.05) is 0 Å². The van der Waals surface area contributed by atoms with Gasteiger partial charge in [-0.05, 0) is 17.7 Å². The van der Waals surface area contributed by atoms with Crippen molar-refractivity contribution in [2.45, 2.75) is 25.1 Å². The van der Waals surface area contributed by atoms with Gasteiger partial charge in [-0.15, -0.1) is 0 Å². The highest BCUT2D eigenvalue weighted by Crippen LogP contribution is 2.18. The second-order valence-corrected chi connectivity index (χ2v) is 4.68. The van der Waals surface area contributed by atoms with E-state index in [4.69, 9.17) is 5.11 Å². The van der Waals surface area contributed by atoms with Gasteiger partial charge in [-0.3, -0.25) is 0 Å². The number of aliphatic hydroxyl groups is 1. The number of likely N-dealkylation sites (tertiary alicyclic amines) is 1. The van der Waals surface area contributed by atoms with Crippen LogP contribution in [0.1, 0.15) is 12.0 Å². The zero-order valence-electron chi connectivity index (χ0n) is 10.6. The van der Waals surface area contributed by atoms with Crippen LogP contribution in [0.25, 0.3) is 0 Å². The minimum absolute atomic E-state index is 0.00772. The molecule has 0 bridgehead atoms. The maximum atomic E-state index is 12.7. The van der Waals surface area contributed by atoms with E-state index in [-0.39, 0.29) is 25.3 Å². The number of carboxylic acid groups (broad SMARTS) is 1. The number of carboxylic acids is 1. The van der Waals surface area contributed by atoms with Crippen LogP contribution in [0.5, 0.6) is 0 Å². The van der Waals surface area contributed by atoms with Gasteiger partial charge in [0.15, 0.2) is 0 Å². The van der Waals surface area contributed by atoms with Crippen molar-refractivity contribution in [1.82, 2.24) is 10.2 Å². The maximum Gasteiger partial charge on any atom is 0.326 e. The molecule has 1 aromatic carbocycles. The number of aliphatic hydroxyl groups excluding tert-OH is 1. The summed E-state index contributed by atoms with van der Waals surface area (Å²) < 4.78 is 12.7. The second-order valence-electron chi connectivity index (χ2n) is 4.68. The molecular weight excluding hydrogens is 267 g/mol. The van der Waals surface area contributed by atoms with Crippen molar-refractivity contribution in [2.75, 3.05) is 6.54 Å². The fourth-order valence-electron chi connectivity index (χ4n) is 2.15. The molecule has 1 aliphatic rings. The van der Waals surface area contributed by atoms with Gasteiger partial charge < -0.3 is 20.4 Å². The molecule has 1 saturated heterocycles. The summed E-state index contributed by atoms with van der Waals surface area (Å²) in [5, 5.41) is 21.0. The van der Waals surface area contributed by atoms with Crippen molar-refractivity contribution in [1.29, 1.82) is 0 Å². The van der Waals surface area contributed by atoms with Crippen LogP contribution >= 0.6 is 0 Å². The van der Waals surface area contributed by atoms with Gasteiger partial charge in [-0.2, -0.15) is 0 Å². The van der Waals surface area contributed by atoms with E-state index in [1.165, 1.54) is 24.3 Å². The molecule has 1 fully saturated rings. The normalized spacial score (nSPS) is 21.8. The van der Waals surface area contributed by atoms with E-state index in [0.717, 1.165) is 4.90 Å². The van der Waals surface area contributed by atoms with Crippen LogP contribution in [0.2, 0.25) is 0 Å². The van der Waals surface area contributed by atoms with Crippen molar-refractivity contribution in [3.63, 3.8) is 0 Å². The van der Waals surface area contributed by atoms with Crippen LogP contribution in [-0.2, 0) is 11.3 Å². The van der Waals surface area contributed by atoms with E-state index in [2.05, 4.69) is 5.32 Å². The summed E-state index contributed by atoms with van der Waals surface area (Å²) in [6.07, 6.45) is -0.799. The summed E-state index contributed by atoms with van der Waals surface area (Å²) in [4.78, 5) is 24.0. The molecule has 108 valence electrons. The number of nitrogens with zero attached hydrogens (tertiary/aromatic N) is 1. The maximum absolute atomic E-state index is 12.7. The largest absolute Gasteiger partial charge is 0.480 e. The molecule has 0 unspecified atom stereocenters. The number of nitrogens with one attached hydrogen (secondary N) is 1. The number of hydrogen-bond acceptors (Lipinski definition) is 3. The molecule has 2 rings (SSSR count). The first-order chi connectivity index (χ1) is 9.47. The van der Waals surface area contributed by atoms with Crippen LogP contribution in [0.3, 0.4) is 0 Å². The van der Waals surface area contributed by atoms with Gasteiger partial charge in [0.05, 0.1) is 6.10 Å². The number of benzene rings is 1. The second kappa shape index (κ2) is 5.87. The molecule has 0 saturated carbocycles. The van der Waals surface area contributed by atoms with Crippen LogP contribution < -0.4 is 5.32 Å². The fraction of sp³-hybridized carbons (Fsp3) is 0.385. The number of halogens is 1. The van der Waals surface area contributed by atoms with E-state index in [0.29, 0.717) is 5.56 Å². The van der Waals surface area contributed by atoms with Crippen molar-refractivity contribution < 1.29 is 24.2 Å². The van der Waals surface area contributed by atoms with Crippen molar-refractivity contribution >= 4 is 12.0 Å². The Morgan fingerprint density at radius 3 is 2.60 bits per heavy atom. The van der Waals surface area contributed by atoms with Crippen LogP contribution in [0.4, 0.5) is 9.18 Å². The Bertz CT molecular complexity index is 506. The van der Waals surface area contributed by atoms with E-state index in [9.17, 15) is 19.1 Å². The minimum Gasteiger partial charge on any atom is -0.480 e. The molecule has 6 nitrogen and oxygen atoms in total. The number of urea groups is 1. The number of hydrogen-bond donors (Lipinski definition) is 3. The van der Waals surface area contributed by atoms with E-state index in [1.54, 1.807) is 0 Å². The molecule has 0 aliphatic carbocycles. The van der Waals surface area contributed by atoms with Crippen molar-refractivity contribution in [2.24, 2.45) is 0 Å². The lowest BCUT2D eigenvalue weighted by Crippen LogP contribution is -2.45. The van der Waals surface area contributed by atoms with Crippen LogP contribution in [0.15, 0.2) is 24.3 Å². The van der Waals surface area contributed by atoms with E-state index < -0.39 is 24.1 Å². The summed E-state index contributed by atoms with van der Waals surface area (Å²) >= 11 is 0. The summed E-state index contributed by atoms with van der Waals surface area (Å²) in [6.45, 7) is 0.157. The lowest BCUT2D eigenvalue weighted by molar-refractivity contribution is -0.141. The first-order valence-electron chi connectivity index (χ1n) is 6.17. The molecule has 7 heteroatoms. The summed E-state index contributed by atoms with van der Waals surface area (Å²) in [5.74, 6) is -1.51. The summed E-state index contributed by atoms with van der Waals surface area (Å²) in [7, 11) is 0. The molecule has 2 amide bonds. The highest BCUT2D eigenvalue weighted by atomic mass is 19.1. The third-order valence-corrected chi connectivity index (χ3v) is 3.18. The first-order valence-corrected chi connectivity index (χ1v) is 6.17. The predicted octanol–water partition coefficient (Wildman–Crippen LogP) is 0.555. The topological polar surface area (TPSA) is 89.9 Å². The quantitative estimate of drug-likeness (QED) is 0.755. The Balaban J connectivity index is 1.94. The molecule has 1 aliphatic heterocycles. The van der Waals surface area contributed by atoms with Gasteiger partial charge in [0.2, 0.25) is 0 Å². The SMILES string of the molecule is O=C(O)[C@@H]1C[C@@H](O)CN1C(=O)NCc1ccc(F)cc1. The Kier molecular flexibility index (Phi) is 4.19. The van der Waals surface area contributed by atoms with Gasteiger partial charge in [-0.1, -0.05) is 12.1 Å². The molecule has 2 atom stereocenters. The van der Waals surface area contributed by atoms with Gasteiger partial charge in [0, 0.05) is 19.5 Å². The Morgan fingerprint density at radius 2 is 2.00 bits per heavy atom. The molecule has 1 aromatic rings. The van der Waals surface area contributed by atoms with Crippen LogP contribution in [0, 0.1) is 5.82 Å². The van der Waals surface area contributed by atoms with Gasteiger partial charge in [0.25, 0.3) is 0 Å². The summed E-state index contributed by atoms with van der Waals surface area (Å²) in [5.41, 5.74) is 0.700. The number of amides is 2. The lowest BCUT2D eigenvalue weighted by atomic mass is 10.2. The van der Waals surface area contributed by atoms with Crippen molar-refractivity contribution in [3.05, 3.63) is 35.6 Å². The average Bonchev–Trinajstić information content (AvgIpc) is 2.80. The first kappa shape index (κ1) is 14.3. The Labute approximate surface area is 114 Å².